The predicted molar refractivity (Wildman–Crippen MR) is 39.1 cm³/mol. The SMILES string of the molecule is Cn1ccc(C(N)=S)n1. The Labute approximate surface area is 58.5 Å². The van der Waals surface area contributed by atoms with Crippen molar-refractivity contribution in [2.75, 3.05) is 0 Å². The summed E-state index contributed by atoms with van der Waals surface area (Å²) in [5.74, 6) is 0. The average molecular weight is 141 g/mol. The van der Waals surface area contributed by atoms with E-state index in [0.717, 1.165) is 0 Å². The van der Waals surface area contributed by atoms with Crippen molar-refractivity contribution in [3.63, 3.8) is 0 Å². The van der Waals surface area contributed by atoms with Crippen molar-refractivity contribution in [1.82, 2.24) is 9.78 Å². The van der Waals surface area contributed by atoms with E-state index in [4.69, 9.17) is 5.73 Å². The van der Waals surface area contributed by atoms with Gasteiger partial charge in [0.25, 0.3) is 0 Å². The second-order valence-corrected chi connectivity index (χ2v) is 2.18. The van der Waals surface area contributed by atoms with Gasteiger partial charge in [0.1, 0.15) is 10.7 Å². The summed E-state index contributed by atoms with van der Waals surface area (Å²) in [5.41, 5.74) is 5.96. The number of rotatable bonds is 1. The van der Waals surface area contributed by atoms with Crippen LogP contribution in [0.3, 0.4) is 0 Å². The normalized spacial score (nSPS) is 9.44. The van der Waals surface area contributed by atoms with Gasteiger partial charge >= 0.3 is 0 Å². The van der Waals surface area contributed by atoms with Crippen LogP contribution in [0.15, 0.2) is 12.3 Å². The Hall–Kier alpha value is -0.900. The Morgan fingerprint density at radius 2 is 2.56 bits per heavy atom. The van der Waals surface area contributed by atoms with Gasteiger partial charge in [-0.25, -0.2) is 0 Å². The van der Waals surface area contributed by atoms with E-state index in [0.29, 0.717) is 10.7 Å². The molecule has 0 aromatic carbocycles. The van der Waals surface area contributed by atoms with Crippen LogP contribution < -0.4 is 5.73 Å². The molecule has 0 spiro atoms. The standard InChI is InChI=1S/C5H7N3S/c1-8-3-2-4(7-8)5(6)9/h2-3H,1H3,(H2,6,9). The van der Waals surface area contributed by atoms with Crippen molar-refractivity contribution in [1.29, 1.82) is 0 Å². The molecule has 0 fully saturated rings. The maximum absolute atomic E-state index is 5.28. The molecule has 1 aromatic rings. The van der Waals surface area contributed by atoms with E-state index in [1.807, 2.05) is 7.05 Å². The Morgan fingerprint density at radius 1 is 1.89 bits per heavy atom. The van der Waals surface area contributed by atoms with Crippen LogP contribution in [0.25, 0.3) is 0 Å². The van der Waals surface area contributed by atoms with Crippen LogP contribution in [0.4, 0.5) is 0 Å². The van der Waals surface area contributed by atoms with Crippen molar-refractivity contribution >= 4 is 17.2 Å². The van der Waals surface area contributed by atoms with Crippen LogP contribution in [0.1, 0.15) is 5.69 Å². The monoisotopic (exact) mass is 141 g/mol. The summed E-state index contributed by atoms with van der Waals surface area (Å²) in [7, 11) is 1.82. The molecule has 0 aliphatic rings. The van der Waals surface area contributed by atoms with E-state index in [1.54, 1.807) is 16.9 Å². The lowest BCUT2D eigenvalue weighted by atomic mass is 10.4. The van der Waals surface area contributed by atoms with E-state index >= 15 is 0 Å². The van der Waals surface area contributed by atoms with Gasteiger partial charge in [0.15, 0.2) is 0 Å². The van der Waals surface area contributed by atoms with Crippen molar-refractivity contribution in [2.45, 2.75) is 0 Å². The van der Waals surface area contributed by atoms with Crippen molar-refractivity contribution < 1.29 is 0 Å². The Balaban J connectivity index is 2.98. The minimum atomic E-state index is 0.343. The largest absolute Gasteiger partial charge is 0.388 e. The number of hydrogen-bond acceptors (Lipinski definition) is 2. The highest BCUT2D eigenvalue weighted by molar-refractivity contribution is 7.80. The van der Waals surface area contributed by atoms with Crippen molar-refractivity contribution in [3.05, 3.63) is 18.0 Å². The van der Waals surface area contributed by atoms with E-state index in [2.05, 4.69) is 17.3 Å². The molecule has 0 atom stereocenters. The molecule has 1 heterocycles. The highest BCUT2D eigenvalue weighted by atomic mass is 32.1. The van der Waals surface area contributed by atoms with Gasteiger partial charge in [-0.05, 0) is 6.07 Å². The van der Waals surface area contributed by atoms with Gasteiger partial charge < -0.3 is 5.73 Å². The zero-order valence-corrected chi connectivity index (χ0v) is 5.85. The quantitative estimate of drug-likeness (QED) is 0.562. The lowest BCUT2D eigenvalue weighted by Gasteiger charge is -1.86. The predicted octanol–water partition coefficient (Wildman–Crippen LogP) is 0.0543. The number of nitrogens with two attached hydrogens (primary N) is 1. The molecule has 0 unspecified atom stereocenters. The molecule has 9 heavy (non-hydrogen) atoms. The highest BCUT2D eigenvalue weighted by Crippen LogP contribution is 1.91. The number of nitrogens with zero attached hydrogens (tertiary/aromatic N) is 2. The minimum absolute atomic E-state index is 0.343. The number of thiocarbonyl (C=S) groups is 1. The Morgan fingerprint density at radius 3 is 2.78 bits per heavy atom. The van der Waals surface area contributed by atoms with Crippen LogP contribution in [0.5, 0.6) is 0 Å². The molecule has 3 nitrogen and oxygen atoms in total. The molecule has 0 amide bonds. The average Bonchev–Trinajstić information content (AvgIpc) is 2.14. The summed E-state index contributed by atoms with van der Waals surface area (Å²) in [4.78, 5) is 0.343. The van der Waals surface area contributed by atoms with Crippen LogP contribution in [-0.2, 0) is 7.05 Å². The summed E-state index contributed by atoms with van der Waals surface area (Å²) in [6.07, 6.45) is 1.80. The summed E-state index contributed by atoms with van der Waals surface area (Å²) in [6.45, 7) is 0. The number of aryl methyl sites for hydroxylation is 1. The van der Waals surface area contributed by atoms with Crippen LogP contribution in [0.2, 0.25) is 0 Å². The van der Waals surface area contributed by atoms with Gasteiger partial charge in [-0.3, -0.25) is 4.68 Å². The Kier molecular flexibility index (Phi) is 1.48. The van der Waals surface area contributed by atoms with Crippen LogP contribution in [-0.4, -0.2) is 14.8 Å². The lowest BCUT2D eigenvalue weighted by Crippen LogP contribution is -2.10. The van der Waals surface area contributed by atoms with Gasteiger partial charge in [0.2, 0.25) is 0 Å². The lowest BCUT2D eigenvalue weighted by molar-refractivity contribution is 0.765. The topological polar surface area (TPSA) is 43.8 Å². The molecule has 1 rings (SSSR count). The van der Waals surface area contributed by atoms with Crippen molar-refractivity contribution in [3.8, 4) is 0 Å². The van der Waals surface area contributed by atoms with Crippen LogP contribution >= 0.6 is 12.2 Å². The third-order valence-electron chi connectivity index (χ3n) is 0.966. The molecule has 0 saturated carbocycles. The summed E-state index contributed by atoms with van der Waals surface area (Å²) >= 11 is 4.68. The summed E-state index contributed by atoms with van der Waals surface area (Å²) in [5, 5.41) is 3.96. The molecule has 2 N–H and O–H groups in total. The second kappa shape index (κ2) is 2.14. The third kappa shape index (κ3) is 1.26. The fourth-order valence-corrected chi connectivity index (χ4v) is 0.655. The fraction of sp³-hybridized carbons (Fsp3) is 0.200. The minimum Gasteiger partial charge on any atom is -0.388 e. The molecular weight excluding hydrogens is 134 g/mol. The van der Waals surface area contributed by atoms with Crippen LogP contribution in [0, 0.1) is 0 Å². The first-order valence-electron chi connectivity index (χ1n) is 2.49. The smallest absolute Gasteiger partial charge is 0.124 e. The van der Waals surface area contributed by atoms with Gasteiger partial charge in [-0.2, -0.15) is 5.10 Å². The van der Waals surface area contributed by atoms with Gasteiger partial charge in [0, 0.05) is 13.2 Å². The van der Waals surface area contributed by atoms with E-state index in [-0.39, 0.29) is 0 Å². The summed E-state index contributed by atoms with van der Waals surface area (Å²) < 4.78 is 1.66. The first kappa shape index (κ1) is 6.22. The zero-order valence-electron chi connectivity index (χ0n) is 5.03. The van der Waals surface area contributed by atoms with Gasteiger partial charge in [-0.1, -0.05) is 12.2 Å². The summed E-state index contributed by atoms with van der Waals surface area (Å²) in [6, 6.07) is 1.78. The molecule has 0 bridgehead atoms. The zero-order chi connectivity index (χ0) is 6.85. The second-order valence-electron chi connectivity index (χ2n) is 1.74. The first-order chi connectivity index (χ1) is 4.20. The molecular formula is C5H7N3S. The van der Waals surface area contributed by atoms with E-state index in [1.165, 1.54) is 0 Å². The number of hydrogen-bond donors (Lipinski definition) is 1. The Bertz CT molecular complexity index is 228. The van der Waals surface area contributed by atoms with E-state index < -0.39 is 0 Å². The molecule has 0 radical (unpaired) electrons. The maximum Gasteiger partial charge on any atom is 0.124 e. The highest BCUT2D eigenvalue weighted by Gasteiger charge is 1.96. The molecule has 0 saturated heterocycles. The first-order valence-corrected chi connectivity index (χ1v) is 2.90. The number of aromatic nitrogens is 2. The van der Waals surface area contributed by atoms with Crippen molar-refractivity contribution in [2.24, 2.45) is 12.8 Å². The fourth-order valence-electron chi connectivity index (χ4n) is 0.546. The third-order valence-corrected chi connectivity index (χ3v) is 1.18. The van der Waals surface area contributed by atoms with E-state index in [9.17, 15) is 0 Å². The molecule has 0 aliphatic carbocycles. The van der Waals surface area contributed by atoms with Gasteiger partial charge in [0.05, 0.1) is 0 Å². The molecule has 4 heteroatoms. The maximum atomic E-state index is 5.28. The molecule has 48 valence electrons. The van der Waals surface area contributed by atoms with Gasteiger partial charge in [-0.15, -0.1) is 0 Å². The molecule has 1 aromatic heterocycles. The molecule has 0 aliphatic heterocycles.